The van der Waals surface area contributed by atoms with Crippen LogP contribution < -0.4 is 11.2 Å². The number of nitrogens with one attached hydrogen (secondary N) is 1. The largest absolute Gasteiger partial charge is 0.332 e. The van der Waals surface area contributed by atoms with Crippen molar-refractivity contribution in [3.05, 3.63) is 67.3 Å². The summed E-state index contributed by atoms with van der Waals surface area (Å²) in [6, 6.07) is 3.58. The smallest absolute Gasteiger partial charge is 0.323 e. The van der Waals surface area contributed by atoms with Crippen molar-refractivity contribution >= 4 is 22.8 Å². The van der Waals surface area contributed by atoms with Crippen LogP contribution in [0, 0.1) is 11.6 Å². The van der Waals surface area contributed by atoms with Crippen molar-refractivity contribution in [2.75, 3.05) is 0 Å². The van der Waals surface area contributed by atoms with Gasteiger partial charge in [-0.2, -0.15) is 9.78 Å². The molecule has 0 aliphatic heterocycles. The van der Waals surface area contributed by atoms with Gasteiger partial charge in [-0.3, -0.25) is 13.9 Å². The third-order valence-corrected chi connectivity index (χ3v) is 5.04. The maximum atomic E-state index is 13.4. The Morgan fingerprint density at radius 3 is 2.66 bits per heavy atom. The summed E-state index contributed by atoms with van der Waals surface area (Å²) in [6.45, 7) is 2.74. The molecule has 32 heavy (non-hydrogen) atoms. The second kappa shape index (κ2) is 8.99. The molecule has 1 aromatic carbocycles. The number of aromatic amines is 1. The van der Waals surface area contributed by atoms with E-state index in [1.165, 1.54) is 15.4 Å². The number of halogens is 3. The average Bonchev–Trinajstić information content (AvgIpc) is 3.37. The first-order chi connectivity index (χ1) is 15.4. The van der Waals surface area contributed by atoms with E-state index in [9.17, 15) is 18.4 Å². The van der Waals surface area contributed by atoms with Crippen molar-refractivity contribution in [1.29, 1.82) is 0 Å². The molecule has 10 nitrogen and oxygen atoms in total. The molecule has 0 atom stereocenters. The highest BCUT2D eigenvalue weighted by molar-refractivity contribution is 6.28. The van der Waals surface area contributed by atoms with Gasteiger partial charge >= 0.3 is 5.69 Å². The van der Waals surface area contributed by atoms with Crippen molar-refractivity contribution in [2.24, 2.45) is 0 Å². The molecular weight excluding hydrogens is 446 g/mol. The molecule has 3 aromatic heterocycles. The molecule has 3 heterocycles. The lowest BCUT2D eigenvalue weighted by Gasteiger charge is -2.10. The van der Waals surface area contributed by atoms with Gasteiger partial charge in [0.1, 0.15) is 0 Å². The first-order valence-electron chi connectivity index (χ1n) is 9.96. The monoisotopic (exact) mass is 464 g/mol. The Kier molecular flexibility index (Phi) is 6.12. The van der Waals surface area contributed by atoms with Crippen molar-refractivity contribution in [3.63, 3.8) is 0 Å². The molecule has 0 aliphatic rings. The van der Waals surface area contributed by atoms with Crippen LogP contribution in [-0.2, 0) is 26.1 Å². The van der Waals surface area contributed by atoms with Gasteiger partial charge in [0.05, 0.1) is 6.54 Å². The number of benzene rings is 1. The second-order valence-electron chi connectivity index (χ2n) is 7.20. The zero-order chi connectivity index (χ0) is 22.8. The fraction of sp³-hybridized carbons (Fsp3) is 0.368. The molecule has 168 valence electrons. The number of hydrogen-bond acceptors (Lipinski definition) is 6. The molecule has 0 spiro atoms. The van der Waals surface area contributed by atoms with E-state index < -0.39 is 22.9 Å². The average molecular weight is 465 g/mol. The molecule has 0 radical (unpaired) electrons. The molecule has 4 aromatic rings. The Morgan fingerprint density at radius 1 is 1.09 bits per heavy atom. The number of H-pyrrole nitrogens is 1. The van der Waals surface area contributed by atoms with E-state index in [0.717, 1.165) is 16.7 Å². The Morgan fingerprint density at radius 2 is 1.91 bits per heavy atom. The number of fused-ring (bicyclic) bond motifs is 1. The van der Waals surface area contributed by atoms with Crippen molar-refractivity contribution in [3.8, 4) is 0 Å². The number of aryl methyl sites for hydroxylation is 2. The summed E-state index contributed by atoms with van der Waals surface area (Å²) in [7, 11) is 0. The molecule has 0 fully saturated rings. The van der Waals surface area contributed by atoms with E-state index in [2.05, 4.69) is 25.4 Å². The molecule has 13 heteroatoms. The quantitative estimate of drug-likeness (QED) is 0.398. The highest BCUT2D eigenvalue weighted by Gasteiger charge is 2.16. The Balaban J connectivity index is 1.47. The summed E-state index contributed by atoms with van der Waals surface area (Å²) >= 11 is 5.90. The highest BCUT2D eigenvalue weighted by atomic mass is 35.5. The van der Waals surface area contributed by atoms with Gasteiger partial charge in [-0.25, -0.2) is 13.6 Å². The maximum Gasteiger partial charge on any atom is 0.332 e. The van der Waals surface area contributed by atoms with Gasteiger partial charge in [0.15, 0.2) is 28.6 Å². The number of imidazole rings is 1. The van der Waals surface area contributed by atoms with Gasteiger partial charge in [-0.05, 0) is 47.4 Å². The van der Waals surface area contributed by atoms with Gasteiger partial charge in [0.25, 0.3) is 5.56 Å². The number of tetrazole rings is 1. The fourth-order valence-electron chi connectivity index (χ4n) is 3.41. The standard InChI is InChI=1S/C19H19ClF2N8O2/c1-2-6-28-16-15(23-18(20)24-16)17(31)29(19(28)32)7-3-8-30-26-14(25-27-30)10-11-4-5-12(21)13(22)9-11/h4-5,9H,2-3,6-8,10H2,1H3,(H,23,24). The number of nitrogens with zero attached hydrogens (tertiary/aromatic N) is 7. The lowest BCUT2D eigenvalue weighted by atomic mass is 10.1. The third kappa shape index (κ3) is 4.31. The van der Waals surface area contributed by atoms with Crippen molar-refractivity contribution in [1.82, 2.24) is 39.3 Å². The van der Waals surface area contributed by atoms with E-state index in [4.69, 9.17) is 11.6 Å². The minimum atomic E-state index is -0.940. The summed E-state index contributed by atoms with van der Waals surface area (Å²) in [5, 5.41) is 12.1. The third-order valence-electron chi connectivity index (χ3n) is 4.86. The normalized spacial score (nSPS) is 11.5. The summed E-state index contributed by atoms with van der Waals surface area (Å²) < 4.78 is 29.0. The first kappa shape index (κ1) is 21.8. The Labute approximate surface area is 184 Å². The predicted molar refractivity (Wildman–Crippen MR) is 112 cm³/mol. The molecule has 0 saturated carbocycles. The maximum absolute atomic E-state index is 13.4. The minimum Gasteiger partial charge on any atom is -0.323 e. The molecule has 1 N–H and O–H groups in total. The van der Waals surface area contributed by atoms with Crippen LogP contribution in [0.3, 0.4) is 0 Å². The molecular formula is C19H19ClF2N8O2. The number of rotatable bonds is 8. The van der Waals surface area contributed by atoms with Crippen molar-refractivity contribution < 1.29 is 8.78 Å². The second-order valence-corrected chi connectivity index (χ2v) is 7.56. The van der Waals surface area contributed by atoms with Crippen LogP contribution in [0.5, 0.6) is 0 Å². The van der Waals surface area contributed by atoms with Crippen LogP contribution in [0.4, 0.5) is 8.78 Å². The van der Waals surface area contributed by atoms with Gasteiger partial charge in [-0.1, -0.05) is 13.0 Å². The van der Waals surface area contributed by atoms with E-state index in [0.29, 0.717) is 37.3 Å². The predicted octanol–water partition coefficient (Wildman–Crippen LogP) is 1.90. The van der Waals surface area contributed by atoms with Gasteiger partial charge in [0.2, 0.25) is 5.28 Å². The van der Waals surface area contributed by atoms with E-state index >= 15 is 0 Å². The number of aromatic nitrogens is 8. The Bertz CT molecular complexity index is 1390. The highest BCUT2D eigenvalue weighted by Crippen LogP contribution is 2.12. The summed E-state index contributed by atoms with van der Waals surface area (Å²) in [5.74, 6) is -1.52. The van der Waals surface area contributed by atoms with Crippen LogP contribution in [0.2, 0.25) is 5.28 Å². The molecule has 0 aliphatic carbocycles. The van der Waals surface area contributed by atoms with Gasteiger partial charge in [0, 0.05) is 19.5 Å². The summed E-state index contributed by atoms with van der Waals surface area (Å²) in [6.07, 6.45) is 1.26. The summed E-state index contributed by atoms with van der Waals surface area (Å²) in [5.41, 5.74) is -0.0305. The topological polar surface area (TPSA) is 116 Å². The van der Waals surface area contributed by atoms with E-state index in [1.807, 2.05) is 6.92 Å². The molecule has 0 unspecified atom stereocenters. The van der Waals surface area contributed by atoms with Crippen LogP contribution in [0.1, 0.15) is 31.2 Å². The van der Waals surface area contributed by atoms with Gasteiger partial charge < -0.3 is 4.98 Å². The van der Waals surface area contributed by atoms with Gasteiger partial charge in [-0.15, -0.1) is 10.2 Å². The summed E-state index contributed by atoms with van der Waals surface area (Å²) in [4.78, 5) is 33.6. The van der Waals surface area contributed by atoms with E-state index in [-0.39, 0.29) is 29.4 Å². The molecule has 0 amide bonds. The van der Waals surface area contributed by atoms with Crippen molar-refractivity contribution in [2.45, 2.75) is 45.8 Å². The van der Waals surface area contributed by atoms with Crippen LogP contribution in [0.25, 0.3) is 11.2 Å². The zero-order valence-electron chi connectivity index (χ0n) is 17.1. The Hall–Kier alpha value is -3.41. The first-order valence-corrected chi connectivity index (χ1v) is 10.3. The number of hydrogen-bond donors (Lipinski definition) is 1. The van der Waals surface area contributed by atoms with Crippen LogP contribution >= 0.6 is 11.6 Å². The molecule has 0 saturated heterocycles. The van der Waals surface area contributed by atoms with Crippen LogP contribution in [-0.4, -0.2) is 39.3 Å². The minimum absolute atomic E-state index is 0.0412. The molecule has 4 rings (SSSR count). The molecule has 0 bridgehead atoms. The van der Waals surface area contributed by atoms with E-state index in [1.54, 1.807) is 0 Å². The fourth-order valence-corrected chi connectivity index (χ4v) is 3.58. The SMILES string of the molecule is CCCn1c(=O)n(CCCn2nnc(Cc3ccc(F)c(F)c3)n2)c(=O)c2[nH]c(Cl)nc21. The zero-order valence-corrected chi connectivity index (χ0v) is 17.8. The van der Waals surface area contributed by atoms with Crippen LogP contribution in [0.15, 0.2) is 27.8 Å². The lowest BCUT2D eigenvalue weighted by molar-refractivity contribution is 0.452. The lowest BCUT2D eigenvalue weighted by Crippen LogP contribution is -2.40.